The van der Waals surface area contributed by atoms with Crippen LogP contribution in [0.5, 0.6) is 5.75 Å². The van der Waals surface area contributed by atoms with E-state index in [4.69, 9.17) is 9.15 Å². The number of hydrogen-bond donors (Lipinski definition) is 1. The second kappa shape index (κ2) is 7.42. The SMILES string of the molecule is CCCc1nnc(SCC(O)c2ccc(OC)c(F)c2)o1. The second-order valence-corrected chi connectivity index (χ2v) is 5.40. The lowest BCUT2D eigenvalue weighted by Crippen LogP contribution is -2.02. The van der Waals surface area contributed by atoms with E-state index >= 15 is 0 Å². The number of ether oxygens (including phenoxy) is 1. The van der Waals surface area contributed by atoms with Gasteiger partial charge in [-0.15, -0.1) is 10.2 Å². The van der Waals surface area contributed by atoms with Gasteiger partial charge in [0, 0.05) is 12.2 Å². The lowest BCUT2D eigenvalue weighted by atomic mass is 10.1. The van der Waals surface area contributed by atoms with Crippen LogP contribution in [0.2, 0.25) is 0 Å². The van der Waals surface area contributed by atoms with Crippen molar-refractivity contribution in [3.8, 4) is 5.75 Å². The van der Waals surface area contributed by atoms with Crippen LogP contribution in [0.1, 0.15) is 30.9 Å². The van der Waals surface area contributed by atoms with Crippen LogP contribution in [0.4, 0.5) is 4.39 Å². The third-order valence-corrected chi connectivity index (χ3v) is 3.73. The fraction of sp³-hybridized carbons (Fsp3) is 0.429. The van der Waals surface area contributed by atoms with Crippen molar-refractivity contribution in [3.05, 3.63) is 35.5 Å². The van der Waals surface area contributed by atoms with Crippen molar-refractivity contribution >= 4 is 11.8 Å². The molecule has 1 unspecified atom stereocenters. The third kappa shape index (κ3) is 4.18. The summed E-state index contributed by atoms with van der Waals surface area (Å²) in [4.78, 5) is 0. The molecule has 0 amide bonds. The van der Waals surface area contributed by atoms with Crippen molar-refractivity contribution in [1.29, 1.82) is 0 Å². The molecule has 0 bridgehead atoms. The molecule has 0 spiro atoms. The molecule has 0 saturated heterocycles. The minimum absolute atomic E-state index is 0.153. The van der Waals surface area contributed by atoms with Crippen LogP contribution in [-0.4, -0.2) is 28.2 Å². The van der Waals surface area contributed by atoms with Crippen LogP contribution in [-0.2, 0) is 6.42 Å². The molecule has 1 N–H and O–H groups in total. The Balaban J connectivity index is 1.94. The van der Waals surface area contributed by atoms with Crippen LogP contribution < -0.4 is 4.74 Å². The molecule has 5 nitrogen and oxygen atoms in total. The maximum absolute atomic E-state index is 13.6. The molecule has 0 aliphatic carbocycles. The molecule has 2 rings (SSSR count). The third-order valence-electron chi connectivity index (χ3n) is 2.84. The van der Waals surface area contributed by atoms with Crippen molar-refractivity contribution in [2.45, 2.75) is 31.1 Å². The summed E-state index contributed by atoms with van der Waals surface area (Å²) in [7, 11) is 1.40. The molecule has 1 aromatic carbocycles. The number of halogens is 1. The minimum atomic E-state index is -0.822. The van der Waals surface area contributed by atoms with E-state index in [1.54, 1.807) is 6.07 Å². The molecule has 114 valence electrons. The molecular formula is C14H17FN2O3S. The number of rotatable bonds is 7. The highest BCUT2D eigenvalue weighted by molar-refractivity contribution is 7.99. The second-order valence-electron chi connectivity index (χ2n) is 4.43. The Morgan fingerprint density at radius 2 is 2.24 bits per heavy atom. The van der Waals surface area contributed by atoms with E-state index in [0.717, 1.165) is 12.8 Å². The number of aromatic nitrogens is 2. The van der Waals surface area contributed by atoms with Crippen molar-refractivity contribution in [2.75, 3.05) is 12.9 Å². The fourth-order valence-corrected chi connectivity index (χ4v) is 2.49. The van der Waals surface area contributed by atoms with Crippen molar-refractivity contribution in [1.82, 2.24) is 10.2 Å². The van der Waals surface area contributed by atoms with Gasteiger partial charge < -0.3 is 14.3 Å². The number of hydrogen-bond acceptors (Lipinski definition) is 6. The summed E-state index contributed by atoms with van der Waals surface area (Å²) in [6.45, 7) is 2.03. The van der Waals surface area contributed by atoms with E-state index in [-0.39, 0.29) is 5.75 Å². The van der Waals surface area contributed by atoms with Crippen LogP contribution in [0.3, 0.4) is 0 Å². The highest BCUT2D eigenvalue weighted by atomic mass is 32.2. The number of aliphatic hydroxyl groups excluding tert-OH is 1. The van der Waals surface area contributed by atoms with Gasteiger partial charge in [-0.1, -0.05) is 24.8 Å². The molecule has 21 heavy (non-hydrogen) atoms. The zero-order chi connectivity index (χ0) is 15.2. The molecular weight excluding hydrogens is 295 g/mol. The van der Waals surface area contributed by atoms with E-state index in [1.165, 1.54) is 31.0 Å². The Morgan fingerprint density at radius 3 is 2.90 bits per heavy atom. The maximum Gasteiger partial charge on any atom is 0.276 e. The molecule has 1 heterocycles. The normalized spacial score (nSPS) is 12.4. The highest BCUT2D eigenvalue weighted by Gasteiger charge is 2.14. The summed E-state index contributed by atoms with van der Waals surface area (Å²) in [6.07, 6.45) is 0.844. The average Bonchev–Trinajstić information content (AvgIpc) is 2.93. The van der Waals surface area contributed by atoms with E-state index in [0.29, 0.717) is 22.4 Å². The predicted molar refractivity (Wildman–Crippen MR) is 76.9 cm³/mol. The van der Waals surface area contributed by atoms with Gasteiger partial charge in [0.2, 0.25) is 5.89 Å². The van der Waals surface area contributed by atoms with Gasteiger partial charge in [0.1, 0.15) is 0 Å². The summed E-state index contributed by atoms with van der Waals surface area (Å²) >= 11 is 1.24. The fourth-order valence-electron chi connectivity index (χ4n) is 1.75. The molecule has 2 aromatic rings. The summed E-state index contributed by atoms with van der Waals surface area (Å²) in [5, 5.41) is 18.3. The number of aryl methyl sites for hydroxylation is 1. The number of thioether (sulfide) groups is 1. The number of benzene rings is 1. The van der Waals surface area contributed by atoms with Crippen LogP contribution >= 0.6 is 11.8 Å². The smallest absolute Gasteiger partial charge is 0.276 e. The monoisotopic (exact) mass is 312 g/mol. The largest absolute Gasteiger partial charge is 0.494 e. The summed E-state index contributed by atoms with van der Waals surface area (Å²) in [5.74, 6) is 0.547. The number of aliphatic hydroxyl groups is 1. The zero-order valence-corrected chi connectivity index (χ0v) is 12.7. The molecule has 0 aliphatic heterocycles. The Bertz CT molecular complexity index is 591. The Labute approximate surface area is 126 Å². The van der Waals surface area contributed by atoms with Gasteiger partial charge in [0.15, 0.2) is 11.6 Å². The molecule has 7 heteroatoms. The number of methoxy groups -OCH3 is 1. The van der Waals surface area contributed by atoms with Gasteiger partial charge in [-0.25, -0.2) is 4.39 Å². The lowest BCUT2D eigenvalue weighted by molar-refractivity contribution is 0.203. The van der Waals surface area contributed by atoms with E-state index < -0.39 is 11.9 Å². The van der Waals surface area contributed by atoms with Gasteiger partial charge in [-0.3, -0.25) is 0 Å². The summed E-state index contributed by atoms with van der Waals surface area (Å²) in [5.41, 5.74) is 0.481. The summed E-state index contributed by atoms with van der Waals surface area (Å²) < 4.78 is 23.8. The van der Waals surface area contributed by atoms with Crippen LogP contribution in [0.25, 0.3) is 0 Å². The average molecular weight is 312 g/mol. The predicted octanol–water partition coefficient (Wildman–Crippen LogP) is 3.00. The first kappa shape index (κ1) is 15.8. The molecule has 1 aromatic heterocycles. The van der Waals surface area contributed by atoms with Crippen molar-refractivity contribution < 1.29 is 18.7 Å². The Hall–Kier alpha value is -1.60. The standard InChI is InChI=1S/C14H17FN2O3S/c1-3-4-13-16-17-14(20-13)21-8-11(18)9-5-6-12(19-2)10(15)7-9/h5-7,11,18H,3-4,8H2,1-2H3. The first-order chi connectivity index (χ1) is 10.1. The lowest BCUT2D eigenvalue weighted by Gasteiger charge is -2.10. The van der Waals surface area contributed by atoms with Crippen molar-refractivity contribution in [3.63, 3.8) is 0 Å². The van der Waals surface area contributed by atoms with Crippen LogP contribution in [0, 0.1) is 5.82 Å². The molecule has 1 atom stereocenters. The van der Waals surface area contributed by atoms with Gasteiger partial charge in [-0.05, 0) is 24.1 Å². The molecule has 0 radical (unpaired) electrons. The molecule has 0 fully saturated rings. The Kier molecular flexibility index (Phi) is 5.58. The van der Waals surface area contributed by atoms with Gasteiger partial charge >= 0.3 is 0 Å². The minimum Gasteiger partial charge on any atom is -0.494 e. The van der Waals surface area contributed by atoms with Crippen molar-refractivity contribution in [2.24, 2.45) is 0 Å². The van der Waals surface area contributed by atoms with Gasteiger partial charge in [0.05, 0.1) is 13.2 Å². The van der Waals surface area contributed by atoms with E-state index in [1.807, 2.05) is 6.92 Å². The quantitative estimate of drug-likeness (QED) is 0.793. The van der Waals surface area contributed by atoms with E-state index in [2.05, 4.69) is 10.2 Å². The maximum atomic E-state index is 13.6. The number of nitrogens with zero attached hydrogens (tertiary/aromatic N) is 2. The Morgan fingerprint density at radius 1 is 1.43 bits per heavy atom. The van der Waals surface area contributed by atoms with Gasteiger partial charge in [0.25, 0.3) is 5.22 Å². The molecule has 0 saturated carbocycles. The molecule has 0 aliphatic rings. The topological polar surface area (TPSA) is 68.4 Å². The zero-order valence-electron chi connectivity index (χ0n) is 11.9. The highest BCUT2D eigenvalue weighted by Crippen LogP contribution is 2.26. The first-order valence-corrected chi connectivity index (χ1v) is 7.59. The summed E-state index contributed by atoms with van der Waals surface area (Å²) in [6, 6.07) is 4.38. The van der Waals surface area contributed by atoms with E-state index in [9.17, 15) is 9.50 Å². The van der Waals surface area contributed by atoms with Crippen LogP contribution in [0.15, 0.2) is 27.8 Å². The van der Waals surface area contributed by atoms with Gasteiger partial charge in [-0.2, -0.15) is 0 Å². The first-order valence-electron chi connectivity index (χ1n) is 6.60.